The van der Waals surface area contributed by atoms with E-state index < -0.39 is 6.04 Å². The Kier molecular flexibility index (Phi) is 6.14. The van der Waals surface area contributed by atoms with Crippen molar-refractivity contribution in [1.29, 1.82) is 0 Å². The van der Waals surface area contributed by atoms with Gasteiger partial charge in [-0.25, -0.2) is 0 Å². The maximum absolute atomic E-state index is 14.6. The molecule has 8 nitrogen and oxygen atoms in total. The van der Waals surface area contributed by atoms with Crippen molar-refractivity contribution in [2.45, 2.75) is 64.7 Å². The number of methoxy groups -OCH3 is 4. The topological polar surface area (TPSA) is 77.5 Å². The number of rotatable bonds is 5. The van der Waals surface area contributed by atoms with E-state index in [1.807, 2.05) is 32.7 Å². The molecule has 2 bridgehead atoms. The van der Waals surface area contributed by atoms with Crippen LogP contribution >= 0.6 is 0 Å². The SMILES string of the molecule is CC[C@H]1c2c(OC)c(OC)c(C)c(OC)c2C(=O)C2C3c4c(cc(C)c(OC)c4C)C[C@@H](C(=O)N21)N3C. The molecule has 0 N–H and O–H groups in total. The summed E-state index contributed by atoms with van der Waals surface area (Å²) in [6.07, 6.45) is 1.20. The first-order valence-corrected chi connectivity index (χ1v) is 12.8. The molecule has 3 aliphatic heterocycles. The van der Waals surface area contributed by atoms with Gasteiger partial charge >= 0.3 is 0 Å². The van der Waals surface area contributed by atoms with Gasteiger partial charge in [-0.2, -0.15) is 0 Å². The quantitative estimate of drug-likeness (QED) is 0.602. The number of aryl methyl sites for hydroxylation is 1. The summed E-state index contributed by atoms with van der Waals surface area (Å²) in [7, 11) is 8.35. The maximum Gasteiger partial charge on any atom is 0.241 e. The van der Waals surface area contributed by atoms with E-state index in [1.54, 1.807) is 28.4 Å². The third kappa shape index (κ3) is 3.17. The molecular formula is C29H36N2O6. The van der Waals surface area contributed by atoms with E-state index in [0.717, 1.165) is 28.0 Å². The second kappa shape index (κ2) is 8.94. The average Bonchev–Trinajstić information content (AvgIpc) is 2.87. The monoisotopic (exact) mass is 508 g/mol. The molecule has 2 aromatic carbocycles. The maximum atomic E-state index is 14.6. The normalized spacial score (nSPS) is 24.3. The van der Waals surface area contributed by atoms with Crippen LogP contribution in [0.3, 0.4) is 0 Å². The summed E-state index contributed by atoms with van der Waals surface area (Å²) in [6.45, 7) is 7.98. The van der Waals surface area contributed by atoms with Crippen molar-refractivity contribution in [2.75, 3.05) is 35.5 Å². The highest BCUT2D eigenvalue weighted by atomic mass is 16.5. The predicted octanol–water partition coefficient (Wildman–Crippen LogP) is 4.10. The molecule has 1 saturated heterocycles. The number of benzene rings is 2. The largest absolute Gasteiger partial charge is 0.496 e. The molecule has 0 radical (unpaired) electrons. The summed E-state index contributed by atoms with van der Waals surface area (Å²) in [6, 6.07) is 0.381. The smallest absolute Gasteiger partial charge is 0.241 e. The van der Waals surface area contributed by atoms with E-state index in [1.165, 1.54) is 0 Å². The number of carbonyl (C=O) groups is 2. The van der Waals surface area contributed by atoms with Gasteiger partial charge in [0.05, 0.1) is 52.1 Å². The van der Waals surface area contributed by atoms with Crippen molar-refractivity contribution in [2.24, 2.45) is 0 Å². The lowest BCUT2D eigenvalue weighted by atomic mass is 9.72. The van der Waals surface area contributed by atoms with Crippen LogP contribution in [0.1, 0.15) is 69.2 Å². The Balaban J connectivity index is 1.84. The molecule has 5 rings (SSSR count). The van der Waals surface area contributed by atoms with Gasteiger partial charge in [-0.05, 0) is 62.9 Å². The Bertz CT molecular complexity index is 1320. The lowest BCUT2D eigenvalue weighted by molar-refractivity contribution is -0.153. The zero-order valence-electron chi connectivity index (χ0n) is 23.1. The van der Waals surface area contributed by atoms with Crippen LogP contribution in [0.5, 0.6) is 23.0 Å². The van der Waals surface area contributed by atoms with E-state index in [-0.39, 0.29) is 29.8 Å². The Labute approximate surface area is 218 Å². The number of hydrogen-bond donors (Lipinski definition) is 0. The molecule has 4 atom stereocenters. The number of likely N-dealkylation sites (N-methyl/N-ethyl adjacent to an activating group) is 1. The molecule has 198 valence electrons. The Morgan fingerprint density at radius 3 is 2.03 bits per heavy atom. The number of Topliss-reactive ketones (excluding diaryl/α,β-unsaturated/α-hetero) is 1. The minimum absolute atomic E-state index is 0.0352. The van der Waals surface area contributed by atoms with Crippen molar-refractivity contribution in [3.63, 3.8) is 0 Å². The molecule has 37 heavy (non-hydrogen) atoms. The Morgan fingerprint density at radius 1 is 0.838 bits per heavy atom. The highest BCUT2D eigenvalue weighted by Gasteiger charge is 2.58. The fourth-order valence-corrected chi connectivity index (χ4v) is 7.20. The lowest BCUT2D eigenvalue weighted by Gasteiger charge is -2.56. The molecule has 0 aliphatic carbocycles. The molecule has 8 heteroatoms. The predicted molar refractivity (Wildman–Crippen MR) is 139 cm³/mol. The number of nitrogens with zero attached hydrogens (tertiary/aromatic N) is 2. The second-order valence-electron chi connectivity index (χ2n) is 10.2. The van der Waals surface area contributed by atoms with Crippen molar-refractivity contribution in [3.8, 4) is 23.0 Å². The van der Waals surface area contributed by atoms with Crippen LogP contribution in [0.4, 0.5) is 0 Å². The van der Waals surface area contributed by atoms with Gasteiger partial charge in [0.2, 0.25) is 5.91 Å². The zero-order chi connectivity index (χ0) is 26.9. The average molecular weight is 509 g/mol. The van der Waals surface area contributed by atoms with E-state index in [2.05, 4.69) is 17.9 Å². The fourth-order valence-electron chi connectivity index (χ4n) is 7.20. The van der Waals surface area contributed by atoms with E-state index in [4.69, 9.17) is 18.9 Å². The van der Waals surface area contributed by atoms with E-state index >= 15 is 0 Å². The van der Waals surface area contributed by atoms with Gasteiger partial charge in [-0.1, -0.05) is 13.0 Å². The summed E-state index contributed by atoms with van der Waals surface area (Å²) < 4.78 is 23.2. The van der Waals surface area contributed by atoms with Crippen LogP contribution in [0.25, 0.3) is 0 Å². The van der Waals surface area contributed by atoms with Gasteiger partial charge in [-0.15, -0.1) is 0 Å². The first kappa shape index (κ1) is 25.4. The number of fused-ring (bicyclic) bond motifs is 7. The van der Waals surface area contributed by atoms with Gasteiger partial charge in [-0.3, -0.25) is 14.5 Å². The first-order valence-electron chi connectivity index (χ1n) is 12.8. The van der Waals surface area contributed by atoms with Crippen LogP contribution in [-0.4, -0.2) is 69.1 Å². The number of ketones is 1. The number of carbonyl (C=O) groups excluding carboxylic acids is 2. The molecule has 1 fully saturated rings. The van der Waals surface area contributed by atoms with Crippen LogP contribution in [0.2, 0.25) is 0 Å². The number of amides is 1. The molecule has 2 aromatic rings. The summed E-state index contributed by atoms with van der Waals surface area (Å²) >= 11 is 0. The number of piperazine rings is 1. The van der Waals surface area contributed by atoms with E-state index in [9.17, 15) is 9.59 Å². The van der Waals surface area contributed by atoms with Gasteiger partial charge in [0.25, 0.3) is 0 Å². The number of ether oxygens (including phenoxy) is 4. The standard InChI is InChI=1S/C29H36N2O6/c1-10-17-20-21(26(35-7)15(4)27(36-8)28(20)37-9)24(32)23-22-19-14(3)25(34-6)13(2)11-16(19)12-18(30(22)5)29(33)31(17)23/h11,17-18,22-23H,10,12H2,1-9H3/t17-,18-,22?,23?/m0/s1. The summed E-state index contributed by atoms with van der Waals surface area (Å²) in [5.41, 5.74) is 6.08. The summed E-state index contributed by atoms with van der Waals surface area (Å²) in [5.74, 6) is 2.13. The van der Waals surface area contributed by atoms with Crippen LogP contribution < -0.4 is 18.9 Å². The Hall–Kier alpha value is -3.26. The molecule has 0 saturated carbocycles. The highest BCUT2D eigenvalue weighted by Crippen LogP contribution is 2.56. The molecule has 2 unspecified atom stereocenters. The minimum Gasteiger partial charge on any atom is -0.496 e. The Morgan fingerprint density at radius 2 is 1.46 bits per heavy atom. The zero-order valence-corrected chi connectivity index (χ0v) is 23.1. The van der Waals surface area contributed by atoms with Gasteiger partial charge in [0, 0.05) is 11.1 Å². The lowest BCUT2D eigenvalue weighted by Crippen LogP contribution is -2.68. The summed E-state index contributed by atoms with van der Waals surface area (Å²) in [4.78, 5) is 32.7. The third-order valence-electron chi connectivity index (χ3n) is 8.63. The summed E-state index contributed by atoms with van der Waals surface area (Å²) in [5, 5.41) is 0. The van der Waals surface area contributed by atoms with Crippen molar-refractivity contribution in [3.05, 3.63) is 45.0 Å². The van der Waals surface area contributed by atoms with Crippen molar-refractivity contribution in [1.82, 2.24) is 9.80 Å². The molecule has 3 heterocycles. The van der Waals surface area contributed by atoms with Gasteiger partial charge in [0.15, 0.2) is 17.3 Å². The van der Waals surface area contributed by atoms with Crippen molar-refractivity contribution >= 4 is 11.7 Å². The molecule has 3 aliphatic rings. The molecule has 1 amide bonds. The second-order valence-corrected chi connectivity index (χ2v) is 10.2. The van der Waals surface area contributed by atoms with E-state index in [0.29, 0.717) is 46.8 Å². The third-order valence-corrected chi connectivity index (χ3v) is 8.63. The minimum atomic E-state index is -0.706. The van der Waals surface area contributed by atoms with Crippen LogP contribution in [0.15, 0.2) is 6.07 Å². The molecule has 0 aromatic heterocycles. The van der Waals surface area contributed by atoms with Gasteiger partial charge in [0.1, 0.15) is 17.5 Å². The fraction of sp³-hybridized carbons (Fsp3) is 0.517. The molecular weight excluding hydrogens is 472 g/mol. The molecule has 0 spiro atoms. The first-order chi connectivity index (χ1) is 17.7. The van der Waals surface area contributed by atoms with Gasteiger partial charge < -0.3 is 23.8 Å². The number of hydrogen-bond acceptors (Lipinski definition) is 7. The van der Waals surface area contributed by atoms with Crippen LogP contribution in [0, 0.1) is 20.8 Å². The van der Waals surface area contributed by atoms with Crippen LogP contribution in [-0.2, 0) is 11.2 Å². The highest BCUT2D eigenvalue weighted by molar-refractivity contribution is 6.10. The van der Waals surface area contributed by atoms with Crippen molar-refractivity contribution < 1.29 is 28.5 Å².